The number of piperazine rings is 1. The largest absolute Gasteiger partial charge is 0.468 e. The number of fused-ring (bicyclic) bond motifs is 4. The van der Waals surface area contributed by atoms with Gasteiger partial charge in [-0.15, -0.1) is 5.54 Å². The van der Waals surface area contributed by atoms with Crippen molar-refractivity contribution in [1.82, 2.24) is 24.8 Å². The Morgan fingerprint density at radius 1 is 0.775 bits per heavy atom. The number of hydrogen-bond acceptors (Lipinski definition) is 11. The number of hydrogen-bond donors (Lipinski definition) is 0. The molecule has 0 spiro atoms. The van der Waals surface area contributed by atoms with Crippen molar-refractivity contribution >= 4 is 60.4 Å². The molecule has 16 heteroatoms. The van der Waals surface area contributed by atoms with Crippen LogP contribution in [0, 0.1) is 23.1 Å². The molecule has 3 saturated heterocycles. The van der Waals surface area contributed by atoms with Crippen LogP contribution >= 0.6 is 0 Å². The van der Waals surface area contributed by atoms with E-state index in [1.165, 1.54) is 23.5 Å². The first kappa shape index (κ1) is 58.7. The molecule has 2 aromatic heterocycles. The number of amides is 1. The van der Waals surface area contributed by atoms with Crippen LogP contribution < -0.4 is 24.7 Å². The highest BCUT2D eigenvalue weighted by Gasteiger charge is 2.51. The third-order valence-corrected chi connectivity index (χ3v) is 28.5. The normalized spacial score (nSPS) is 19.1. The molecule has 4 aromatic carbocycles. The van der Waals surface area contributed by atoms with E-state index in [0.717, 1.165) is 25.7 Å². The first-order valence-corrected chi connectivity index (χ1v) is 32.8. The van der Waals surface area contributed by atoms with Gasteiger partial charge in [0.15, 0.2) is 12.6 Å². The Balaban J connectivity index is 1.11. The van der Waals surface area contributed by atoms with Gasteiger partial charge in [-0.25, -0.2) is 13.6 Å². The summed E-state index contributed by atoms with van der Waals surface area (Å²) in [5.74, 6) is 2.98. The van der Waals surface area contributed by atoms with Crippen molar-refractivity contribution in [2.24, 2.45) is 0 Å². The molecule has 0 N–H and O–H groups in total. The number of carbonyl (C=O) groups is 1. The second kappa shape index (κ2) is 23.5. The summed E-state index contributed by atoms with van der Waals surface area (Å²) < 4.78 is 66.2. The molecule has 426 valence electrons. The molecular formula is C64H82F2N6O6Si2. The first-order valence-electron chi connectivity index (χ1n) is 28.6. The topological polar surface area (TPSA) is 112 Å². The predicted molar refractivity (Wildman–Crippen MR) is 321 cm³/mol. The summed E-state index contributed by atoms with van der Waals surface area (Å²) in [5, 5.41) is 3.70. The molecule has 6 aromatic rings. The van der Waals surface area contributed by atoms with Crippen LogP contribution in [-0.2, 0) is 13.9 Å². The Morgan fingerprint density at radius 3 is 1.94 bits per heavy atom. The molecule has 0 aliphatic carbocycles. The number of carbonyl (C=O) groups excluding carboxylic acids is 1. The van der Waals surface area contributed by atoms with E-state index in [2.05, 4.69) is 151 Å². The van der Waals surface area contributed by atoms with Gasteiger partial charge in [-0.3, -0.25) is 14.8 Å². The van der Waals surface area contributed by atoms with E-state index >= 15 is 8.78 Å². The average molecular weight is 1130 g/mol. The van der Waals surface area contributed by atoms with Gasteiger partial charge < -0.3 is 28.3 Å². The minimum absolute atomic E-state index is 0.000442. The van der Waals surface area contributed by atoms with E-state index in [0.29, 0.717) is 69.6 Å². The van der Waals surface area contributed by atoms with Crippen molar-refractivity contribution in [3.63, 3.8) is 0 Å². The quantitative estimate of drug-likeness (QED) is 0.0525. The van der Waals surface area contributed by atoms with Crippen molar-refractivity contribution in [2.75, 3.05) is 52.2 Å². The molecule has 9 rings (SSSR count). The fraction of sp³-hybridized carbons (Fsp3) is 0.500. The molecule has 4 atom stereocenters. The van der Waals surface area contributed by atoms with Gasteiger partial charge in [0.2, 0.25) is 0 Å². The Bertz CT molecular complexity index is 3180. The number of halogens is 2. The van der Waals surface area contributed by atoms with Gasteiger partial charge in [-0.1, -0.05) is 135 Å². The summed E-state index contributed by atoms with van der Waals surface area (Å²) in [6, 6.07) is 27.7. The second-order valence-corrected chi connectivity index (χ2v) is 35.1. The van der Waals surface area contributed by atoms with Crippen molar-refractivity contribution in [1.29, 1.82) is 0 Å². The zero-order chi connectivity index (χ0) is 57.5. The lowest BCUT2D eigenvalue weighted by Crippen LogP contribution is -2.67. The molecule has 3 aliphatic rings. The number of ether oxygens (including phenoxy) is 4. The third kappa shape index (κ3) is 11.3. The molecule has 3 fully saturated rings. The van der Waals surface area contributed by atoms with Crippen LogP contribution in [0.2, 0.25) is 21.7 Å². The highest BCUT2D eigenvalue weighted by molar-refractivity contribution is 6.99. The maximum atomic E-state index is 18.3. The van der Waals surface area contributed by atoms with Crippen molar-refractivity contribution in [3.8, 4) is 34.5 Å². The van der Waals surface area contributed by atoms with Crippen molar-refractivity contribution in [3.05, 3.63) is 108 Å². The number of benzene rings is 4. The van der Waals surface area contributed by atoms with Crippen LogP contribution in [0.15, 0.2) is 91.1 Å². The zero-order valence-electron chi connectivity index (χ0n) is 49.5. The van der Waals surface area contributed by atoms with Crippen LogP contribution in [0.3, 0.4) is 0 Å². The Kier molecular flexibility index (Phi) is 17.2. The number of nitrogens with zero attached hydrogens (tertiary/aromatic N) is 6. The van der Waals surface area contributed by atoms with E-state index in [1.54, 1.807) is 24.4 Å². The minimum atomic E-state index is -2.79. The summed E-state index contributed by atoms with van der Waals surface area (Å²) in [6.07, 6.45) is 4.56. The molecule has 80 heavy (non-hydrogen) atoms. The van der Waals surface area contributed by atoms with Crippen LogP contribution in [0.1, 0.15) is 114 Å². The smallest absolute Gasteiger partial charge is 0.410 e. The number of likely N-dealkylation sites (N-methyl/N-ethyl adjacent to an activating group) is 1. The van der Waals surface area contributed by atoms with Crippen LogP contribution in [0.5, 0.6) is 11.8 Å². The van der Waals surface area contributed by atoms with E-state index in [-0.39, 0.29) is 71.5 Å². The monoisotopic (exact) mass is 1120 g/mol. The minimum Gasteiger partial charge on any atom is -0.468 e. The van der Waals surface area contributed by atoms with Gasteiger partial charge >= 0.3 is 12.1 Å². The fourth-order valence-corrected chi connectivity index (χ4v) is 23.2. The summed E-state index contributed by atoms with van der Waals surface area (Å²) in [4.78, 5) is 34.8. The van der Waals surface area contributed by atoms with Crippen molar-refractivity contribution < 1.29 is 36.9 Å². The van der Waals surface area contributed by atoms with E-state index < -0.39 is 33.6 Å². The Morgan fingerprint density at radius 2 is 1.38 bits per heavy atom. The van der Waals surface area contributed by atoms with Gasteiger partial charge in [-0.05, 0) is 109 Å². The second-order valence-electron chi connectivity index (χ2n) is 25.2. The Hall–Kier alpha value is -5.97. The van der Waals surface area contributed by atoms with Gasteiger partial charge in [-0.2, -0.15) is 9.97 Å². The van der Waals surface area contributed by atoms with E-state index in [9.17, 15) is 4.79 Å². The van der Waals surface area contributed by atoms with Crippen LogP contribution in [-0.4, -0.2) is 124 Å². The number of rotatable bonds is 16. The molecule has 1 amide bonds. The molecular weight excluding hydrogens is 1040 g/mol. The molecule has 3 aliphatic heterocycles. The standard InChI is InChI=1S/C64H82F2N6O6Si2/c1-41(2)79(42(3)4,43(5)6)32-31-52-55(65)30-25-44-33-49(76-40-74-14)34-53(56(44)52)58-57(66)59-54(35-67-58)60(71-36-45-26-27-46(37-71)72(45)62(73)78-63(7,8)9)69-61(68-59)75-38-47-28-29-48(70(47)13)39-77-80(64(10,11)12,50-21-17-15-18-22-50)51-23-19-16-20-24-51/h15-25,30,33-35,41-43,45-48H,26-29,36-40H2,1-14H3/t45?,46?,47-,48-/m0/s1. The fourth-order valence-electron chi connectivity index (χ4n) is 13.4. The van der Waals surface area contributed by atoms with E-state index in [1.807, 2.05) is 25.7 Å². The molecule has 0 radical (unpaired) electrons. The number of pyridine rings is 1. The maximum Gasteiger partial charge on any atom is 0.410 e. The summed E-state index contributed by atoms with van der Waals surface area (Å²) >= 11 is 0. The lowest BCUT2D eigenvalue weighted by molar-refractivity contribution is 0.0122. The van der Waals surface area contributed by atoms with Crippen molar-refractivity contribution in [2.45, 2.75) is 160 Å². The zero-order valence-corrected chi connectivity index (χ0v) is 51.5. The number of methoxy groups -OCH3 is 1. The highest BCUT2D eigenvalue weighted by Crippen LogP contribution is 2.44. The first-order chi connectivity index (χ1) is 38.0. The SMILES string of the molecule is COCOc1cc(-c2ncc3c(N4CC5CCC(C4)N5C(=O)OC(C)(C)C)nc(OC[C@@H]4CC[C@@H](CO[Si](c5ccccc5)(c5ccccc5)C(C)(C)C)N4C)nc3c2F)c2c(C#C[Si](C(C)C)(C(C)C)C(C)C)c(F)ccc2c1. The number of anilines is 1. The van der Waals surface area contributed by atoms with Gasteiger partial charge in [0.1, 0.15) is 48.9 Å². The highest BCUT2D eigenvalue weighted by atomic mass is 28.4. The maximum absolute atomic E-state index is 18.3. The van der Waals surface area contributed by atoms with Gasteiger partial charge in [0.05, 0.1) is 29.6 Å². The number of aromatic nitrogens is 3. The lowest BCUT2D eigenvalue weighted by atomic mass is 9.95. The van der Waals surface area contributed by atoms with E-state index in [4.69, 9.17) is 38.3 Å². The van der Waals surface area contributed by atoms with Gasteiger partial charge in [0, 0.05) is 49.4 Å². The molecule has 2 unspecified atom stereocenters. The average Bonchev–Trinajstić information content (AvgIpc) is 3.91. The summed E-state index contributed by atoms with van der Waals surface area (Å²) in [6.45, 7) is 27.4. The summed E-state index contributed by atoms with van der Waals surface area (Å²) in [5.41, 5.74) is 4.37. The lowest BCUT2D eigenvalue weighted by Gasteiger charge is -2.44. The summed E-state index contributed by atoms with van der Waals surface area (Å²) in [7, 11) is -1.50. The molecule has 0 saturated carbocycles. The number of likely N-dealkylation sites (tertiary alicyclic amines) is 1. The Labute approximate surface area is 475 Å². The van der Waals surface area contributed by atoms with Crippen LogP contribution in [0.4, 0.5) is 19.4 Å². The predicted octanol–water partition coefficient (Wildman–Crippen LogP) is 12.7. The molecule has 12 nitrogen and oxygen atoms in total. The molecule has 2 bridgehead atoms. The third-order valence-electron chi connectivity index (χ3n) is 17.2. The van der Waals surface area contributed by atoms with Crippen LogP contribution in [0.25, 0.3) is 32.9 Å². The molecule has 5 heterocycles. The van der Waals surface area contributed by atoms with Gasteiger partial charge in [0.25, 0.3) is 8.32 Å².